The highest BCUT2D eigenvalue weighted by atomic mass is 127. The monoisotopic (exact) mass is 457 g/mol. The number of nitrogens with one attached hydrogen (secondary N) is 2. The zero-order valence-electron chi connectivity index (χ0n) is 15.5. The van der Waals surface area contributed by atoms with Crippen molar-refractivity contribution < 1.29 is 14.2 Å². The van der Waals surface area contributed by atoms with Gasteiger partial charge in [-0.25, -0.2) is 0 Å². The normalized spacial score (nSPS) is 17.8. The average molecular weight is 457 g/mol. The number of aliphatic imine (C=N–C) groups is 1. The Bertz CT molecular complexity index is 311. The highest BCUT2D eigenvalue weighted by Crippen LogP contribution is 2.12. The third-order valence-corrected chi connectivity index (χ3v) is 3.43. The molecule has 2 N–H and O–H groups in total. The Kier molecular flexibility index (Phi) is 16.3. The van der Waals surface area contributed by atoms with Gasteiger partial charge in [0.05, 0.1) is 19.8 Å². The molecule has 1 saturated heterocycles. The summed E-state index contributed by atoms with van der Waals surface area (Å²) in [6, 6.07) is 0. The van der Waals surface area contributed by atoms with Crippen LogP contribution in [-0.4, -0.2) is 65.2 Å². The van der Waals surface area contributed by atoms with Gasteiger partial charge in [0, 0.05) is 45.4 Å². The van der Waals surface area contributed by atoms with Crippen LogP contribution in [0, 0.1) is 11.8 Å². The summed E-state index contributed by atoms with van der Waals surface area (Å²) in [6.07, 6.45) is 2.07. The van der Waals surface area contributed by atoms with Gasteiger partial charge in [-0.1, -0.05) is 13.8 Å². The molecule has 1 heterocycles. The first kappa shape index (κ1) is 23.9. The van der Waals surface area contributed by atoms with Crippen molar-refractivity contribution in [2.75, 3.05) is 59.3 Å². The Labute approximate surface area is 164 Å². The molecule has 0 aromatic heterocycles. The van der Waals surface area contributed by atoms with Crippen LogP contribution in [0.2, 0.25) is 0 Å². The average Bonchev–Trinajstić information content (AvgIpc) is 3.03. The summed E-state index contributed by atoms with van der Waals surface area (Å²) in [5, 5.41) is 6.53. The first-order valence-corrected chi connectivity index (χ1v) is 8.97. The molecule has 1 aliphatic rings. The van der Waals surface area contributed by atoms with E-state index in [1.54, 1.807) is 0 Å². The lowest BCUT2D eigenvalue weighted by molar-refractivity contribution is 0.0893. The number of ether oxygens (including phenoxy) is 3. The number of hydrogen-bond acceptors (Lipinski definition) is 4. The lowest BCUT2D eigenvalue weighted by atomic mass is 10.1. The second kappa shape index (κ2) is 16.4. The number of guanidine groups is 1. The minimum absolute atomic E-state index is 0. The van der Waals surface area contributed by atoms with Crippen LogP contribution in [-0.2, 0) is 14.2 Å². The third kappa shape index (κ3) is 13.2. The van der Waals surface area contributed by atoms with Crippen molar-refractivity contribution in [3.63, 3.8) is 0 Å². The zero-order chi connectivity index (χ0) is 16.8. The maximum atomic E-state index is 5.68. The molecule has 1 aliphatic heterocycles. The third-order valence-electron chi connectivity index (χ3n) is 3.43. The van der Waals surface area contributed by atoms with Crippen LogP contribution in [0.4, 0.5) is 0 Å². The van der Waals surface area contributed by atoms with Gasteiger partial charge >= 0.3 is 0 Å². The van der Waals surface area contributed by atoms with Crippen molar-refractivity contribution in [1.29, 1.82) is 0 Å². The van der Waals surface area contributed by atoms with Crippen molar-refractivity contribution >= 4 is 29.9 Å². The van der Waals surface area contributed by atoms with E-state index in [0.717, 1.165) is 71.5 Å². The molecule has 1 atom stereocenters. The topological polar surface area (TPSA) is 64.1 Å². The molecule has 0 aromatic rings. The smallest absolute Gasteiger partial charge is 0.191 e. The molecule has 0 spiro atoms. The van der Waals surface area contributed by atoms with Crippen LogP contribution < -0.4 is 10.6 Å². The maximum absolute atomic E-state index is 5.68. The van der Waals surface area contributed by atoms with E-state index in [-0.39, 0.29) is 24.0 Å². The standard InChI is InChI=1S/C17H35N3O3.HI/c1-4-18-17(20-8-11-23-12-15(2)3)19-7-5-9-21-13-16-6-10-22-14-16;/h15-16H,4-14H2,1-3H3,(H2,18,19,20);1H. The van der Waals surface area contributed by atoms with Gasteiger partial charge in [0.1, 0.15) is 0 Å². The largest absolute Gasteiger partial charge is 0.381 e. The van der Waals surface area contributed by atoms with Crippen LogP contribution in [0.3, 0.4) is 0 Å². The van der Waals surface area contributed by atoms with Crippen molar-refractivity contribution in [3.8, 4) is 0 Å². The summed E-state index contributed by atoms with van der Waals surface area (Å²) in [7, 11) is 0. The molecular formula is C17H36IN3O3. The molecular weight excluding hydrogens is 421 g/mol. The SMILES string of the molecule is CCNC(=NCCCOCC1CCOC1)NCCOCC(C)C.I. The Hall–Kier alpha value is -0.120. The van der Waals surface area contributed by atoms with E-state index in [1.165, 1.54) is 0 Å². The zero-order valence-corrected chi connectivity index (χ0v) is 17.8. The first-order chi connectivity index (χ1) is 11.2. The van der Waals surface area contributed by atoms with Crippen molar-refractivity contribution in [1.82, 2.24) is 10.6 Å². The molecule has 6 nitrogen and oxygen atoms in total. The second-order valence-electron chi connectivity index (χ2n) is 6.31. The molecule has 1 unspecified atom stereocenters. The predicted octanol–water partition coefficient (Wildman–Crippen LogP) is 2.28. The molecule has 1 rings (SSSR count). The van der Waals surface area contributed by atoms with E-state index in [9.17, 15) is 0 Å². The Morgan fingerprint density at radius 2 is 2.08 bits per heavy atom. The van der Waals surface area contributed by atoms with Gasteiger partial charge < -0.3 is 24.8 Å². The van der Waals surface area contributed by atoms with Crippen molar-refractivity contribution in [2.24, 2.45) is 16.8 Å². The van der Waals surface area contributed by atoms with Gasteiger partial charge in [-0.15, -0.1) is 24.0 Å². The number of nitrogens with zero attached hydrogens (tertiary/aromatic N) is 1. The lowest BCUT2D eigenvalue weighted by Crippen LogP contribution is -2.39. The quantitative estimate of drug-likeness (QED) is 0.204. The summed E-state index contributed by atoms with van der Waals surface area (Å²) >= 11 is 0. The fourth-order valence-corrected chi connectivity index (χ4v) is 2.22. The van der Waals surface area contributed by atoms with E-state index in [0.29, 0.717) is 18.4 Å². The predicted molar refractivity (Wildman–Crippen MR) is 109 cm³/mol. The van der Waals surface area contributed by atoms with Crippen molar-refractivity contribution in [2.45, 2.75) is 33.6 Å². The number of rotatable bonds is 12. The Balaban J connectivity index is 0.00000529. The van der Waals surface area contributed by atoms with Gasteiger partial charge in [-0.2, -0.15) is 0 Å². The number of halogens is 1. The summed E-state index contributed by atoms with van der Waals surface area (Å²) in [5.41, 5.74) is 0. The fourth-order valence-electron chi connectivity index (χ4n) is 2.22. The summed E-state index contributed by atoms with van der Waals surface area (Å²) in [6.45, 7) is 13.6. The molecule has 24 heavy (non-hydrogen) atoms. The Morgan fingerprint density at radius 1 is 1.25 bits per heavy atom. The summed E-state index contributed by atoms with van der Waals surface area (Å²) in [4.78, 5) is 4.55. The molecule has 0 aromatic carbocycles. The molecule has 0 saturated carbocycles. The van der Waals surface area contributed by atoms with E-state index >= 15 is 0 Å². The van der Waals surface area contributed by atoms with Gasteiger partial charge in [-0.3, -0.25) is 4.99 Å². The van der Waals surface area contributed by atoms with Crippen LogP contribution >= 0.6 is 24.0 Å². The Morgan fingerprint density at radius 3 is 2.75 bits per heavy atom. The molecule has 0 bridgehead atoms. The minimum Gasteiger partial charge on any atom is -0.381 e. The molecule has 0 radical (unpaired) electrons. The van der Waals surface area contributed by atoms with Gasteiger partial charge in [0.2, 0.25) is 0 Å². The van der Waals surface area contributed by atoms with E-state index in [2.05, 4.69) is 36.4 Å². The van der Waals surface area contributed by atoms with Crippen LogP contribution in [0.25, 0.3) is 0 Å². The molecule has 1 fully saturated rings. The van der Waals surface area contributed by atoms with Crippen LogP contribution in [0.5, 0.6) is 0 Å². The van der Waals surface area contributed by atoms with Gasteiger partial charge in [-0.05, 0) is 25.7 Å². The lowest BCUT2D eigenvalue weighted by Gasteiger charge is -2.12. The summed E-state index contributed by atoms with van der Waals surface area (Å²) < 4.78 is 16.6. The minimum atomic E-state index is 0. The highest BCUT2D eigenvalue weighted by molar-refractivity contribution is 14.0. The van der Waals surface area contributed by atoms with Crippen LogP contribution in [0.15, 0.2) is 4.99 Å². The van der Waals surface area contributed by atoms with Crippen LogP contribution in [0.1, 0.15) is 33.6 Å². The molecule has 7 heteroatoms. The summed E-state index contributed by atoms with van der Waals surface area (Å²) in [5.74, 6) is 2.01. The first-order valence-electron chi connectivity index (χ1n) is 8.97. The van der Waals surface area contributed by atoms with Crippen molar-refractivity contribution in [3.05, 3.63) is 0 Å². The van der Waals surface area contributed by atoms with E-state index in [4.69, 9.17) is 14.2 Å². The number of hydrogen-bond donors (Lipinski definition) is 2. The van der Waals surface area contributed by atoms with E-state index < -0.39 is 0 Å². The highest BCUT2D eigenvalue weighted by Gasteiger charge is 2.15. The molecule has 144 valence electrons. The van der Waals surface area contributed by atoms with Gasteiger partial charge in [0.15, 0.2) is 5.96 Å². The van der Waals surface area contributed by atoms with Gasteiger partial charge in [0.25, 0.3) is 0 Å². The fraction of sp³-hybridized carbons (Fsp3) is 0.941. The second-order valence-corrected chi connectivity index (χ2v) is 6.31. The molecule has 0 amide bonds. The maximum Gasteiger partial charge on any atom is 0.191 e. The van der Waals surface area contributed by atoms with E-state index in [1.807, 2.05) is 0 Å². The molecule has 0 aliphatic carbocycles.